The highest BCUT2D eigenvalue weighted by molar-refractivity contribution is 4.91. The van der Waals surface area contributed by atoms with E-state index in [1.54, 1.807) is 0 Å². The van der Waals surface area contributed by atoms with Crippen molar-refractivity contribution in [2.45, 2.75) is 181 Å². The molecule has 0 bridgehead atoms. The van der Waals surface area contributed by atoms with Gasteiger partial charge < -0.3 is 5.73 Å². The lowest BCUT2D eigenvalue weighted by atomic mass is 9.72. The van der Waals surface area contributed by atoms with E-state index in [1.165, 1.54) is 148 Å². The van der Waals surface area contributed by atoms with Gasteiger partial charge in [0.15, 0.2) is 0 Å². The van der Waals surface area contributed by atoms with Gasteiger partial charge in [-0.3, -0.25) is 0 Å². The Morgan fingerprint density at radius 3 is 1.17 bits per heavy atom. The van der Waals surface area contributed by atoms with E-state index in [9.17, 15) is 0 Å². The lowest BCUT2D eigenvalue weighted by Gasteiger charge is -2.38. The molecule has 1 heteroatoms. The smallest absolute Gasteiger partial charge is 0.0182 e. The molecule has 0 saturated heterocycles. The van der Waals surface area contributed by atoms with Gasteiger partial charge in [0.05, 0.1) is 0 Å². The van der Waals surface area contributed by atoms with Crippen LogP contribution in [0.3, 0.4) is 0 Å². The van der Waals surface area contributed by atoms with Crippen molar-refractivity contribution in [3.8, 4) is 0 Å². The van der Waals surface area contributed by atoms with Crippen molar-refractivity contribution in [2.24, 2.45) is 11.7 Å². The Labute approximate surface area is 192 Å². The van der Waals surface area contributed by atoms with Gasteiger partial charge in [-0.05, 0) is 31.6 Å². The standard InChI is InChI=1S/C29H61N/c1-5-9-12-13-14-15-16-17-18-19-20-21-22-23-25-28(24-8-4)29(30,26-10-6-2)27-11-7-3/h28H,5-27,30H2,1-4H3. The fourth-order valence-electron chi connectivity index (χ4n) is 5.20. The summed E-state index contributed by atoms with van der Waals surface area (Å²) in [6, 6.07) is 0. The molecule has 2 N–H and O–H groups in total. The van der Waals surface area contributed by atoms with Gasteiger partial charge >= 0.3 is 0 Å². The van der Waals surface area contributed by atoms with Gasteiger partial charge in [-0.2, -0.15) is 0 Å². The summed E-state index contributed by atoms with van der Waals surface area (Å²) in [5.41, 5.74) is 7.16. The summed E-state index contributed by atoms with van der Waals surface area (Å²) in [6.45, 7) is 9.26. The number of hydrogen-bond acceptors (Lipinski definition) is 1. The molecule has 0 radical (unpaired) electrons. The van der Waals surface area contributed by atoms with Gasteiger partial charge in [0, 0.05) is 5.54 Å². The highest BCUT2D eigenvalue weighted by Crippen LogP contribution is 2.34. The zero-order valence-corrected chi connectivity index (χ0v) is 21.9. The molecule has 1 unspecified atom stereocenters. The zero-order valence-electron chi connectivity index (χ0n) is 21.9. The van der Waals surface area contributed by atoms with Crippen LogP contribution in [0.4, 0.5) is 0 Å². The number of hydrogen-bond donors (Lipinski definition) is 1. The summed E-state index contributed by atoms with van der Waals surface area (Å²) in [6.07, 6.45) is 31.9. The second-order valence-corrected chi connectivity index (χ2v) is 10.3. The topological polar surface area (TPSA) is 26.0 Å². The Kier molecular flexibility index (Phi) is 22.1. The van der Waals surface area contributed by atoms with Crippen LogP contribution in [0.25, 0.3) is 0 Å². The molecule has 30 heavy (non-hydrogen) atoms. The van der Waals surface area contributed by atoms with Crippen LogP contribution in [0, 0.1) is 5.92 Å². The van der Waals surface area contributed by atoms with Crippen LogP contribution in [0.2, 0.25) is 0 Å². The van der Waals surface area contributed by atoms with E-state index >= 15 is 0 Å². The Morgan fingerprint density at radius 2 is 0.800 bits per heavy atom. The first kappa shape index (κ1) is 30.0. The highest BCUT2D eigenvalue weighted by Gasteiger charge is 2.32. The van der Waals surface area contributed by atoms with Crippen LogP contribution >= 0.6 is 0 Å². The average molecular weight is 424 g/mol. The fraction of sp³-hybridized carbons (Fsp3) is 1.00. The maximum atomic E-state index is 7.05. The molecule has 0 spiro atoms. The van der Waals surface area contributed by atoms with Crippen molar-refractivity contribution in [1.29, 1.82) is 0 Å². The van der Waals surface area contributed by atoms with Crippen LogP contribution in [-0.2, 0) is 0 Å². The summed E-state index contributed by atoms with van der Waals surface area (Å²) >= 11 is 0. The van der Waals surface area contributed by atoms with Crippen molar-refractivity contribution in [3.05, 3.63) is 0 Å². The number of nitrogens with two attached hydrogens (primary N) is 1. The van der Waals surface area contributed by atoms with Crippen molar-refractivity contribution in [1.82, 2.24) is 0 Å². The van der Waals surface area contributed by atoms with E-state index in [-0.39, 0.29) is 5.54 Å². The monoisotopic (exact) mass is 423 g/mol. The SMILES string of the molecule is CCCCCCCCCCCCCCCCC(CCC)C(N)(CCCC)CCCC. The first-order valence-electron chi connectivity index (χ1n) is 14.4. The van der Waals surface area contributed by atoms with Crippen LogP contribution in [0.15, 0.2) is 0 Å². The minimum Gasteiger partial charge on any atom is -0.325 e. The predicted molar refractivity (Wildman–Crippen MR) is 139 cm³/mol. The van der Waals surface area contributed by atoms with Crippen LogP contribution in [0.1, 0.15) is 175 Å². The zero-order chi connectivity index (χ0) is 22.3. The molecule has 0 fully saturated rings. The highest BCUT2D eigenvalue weighted by atomic mass is 14.8. The summed E-state index contributed by atoms with van der Waals surface area (Å²) < 4.78 is 0. The third-order valence-corrected chi connectivity index (χ3v) is 7.35. The van der Waals surface area contributed by atoms with Crippen LogP contribution in [0.5, 0.6) is 0 Å². The first-order valence-corrected chi connectivity index (χ1v) is 14.4. The summed E-state index contributed by atoms with van der Waals surface area (Å²) in [5, 5.41) is 0. The molecule has 0 rings (SSSR count). The molecule has 182 valence electrons. The van der Waals surface area contributed by atoms with Gasteiger partial charge in [-0.1, -0.05) is 150 Å². The predicted octanol–water partition coefficient (Wildman–Crippen LogP) is 10.4. The number of unbranched alkanes of at least 4 members (excludes halogenated alkanes) is 15. The van der Waals surface area contributed by atoms with Crippen LogP contribution in [-0.4, -0.2) is 5.54 Å². The Morgan fingerprint density at radius 1 is 0.433 bits per heavy atom. The minimum absolute atomic E-state index is 0.110. The van der Waals surface area contributed by atoms with Gasteiger partial charge in [-0.15, -0.1) is 0 Å². The van der Waals surface area contributed by atoms with E-state index in [2.05, 4.69) is 27.7 Å². The Balaban J connectivity index is 3.86. The molecule has 1 nitrogen and oxygen atoms in total. The molecule has 0 amide bonds. The van der Waals surface area contributed by atoms with Crippen molar-refractivity contribution < 1.29 is 0 Å². The fourth-order valence-corrected chi connectivity index (χ4v) is 5.20. The normalized spacial score (nSPS) is 13.1. The van der Waals surface area contributed by atoms with Gasteiger partial charge in [0.2, 0.25) is 0 Å². The molecule has 0 aromatic heterocycles. The average Bonchev–Trinajstić information content (AvgIpc) is 2.75. The van der Waals surface area contributed by atoms with E-state index in [0.29, 0.717) is 0 Å². The second kappa shape index (κ2) is 22.2. The Bertz CT molecular complexity index is 316. The minimum atomic E-state index is 0.110. The third kappa shape index (κ3) is 16.6. The molecule has 0 aromatic carbocycles. The van der Waals surface area contributed by atoms with Gasteiger partial charge in [0.25, 0.3) is 0 Å². The maximum absolute atomic E-state index is 7.05. The van der Waals surface area contributed by atoms with Gasteiger partial charge in [-0.25, -0.2) is 0 Å². The van der Waals surface area contributed by atoms with Crippen LogP contribution < -0.4 is 5.73 Å². The summed E-state index contributed by atoms with van der Waals surface area (Å²) in [4.78, 5) is 0. The van der Waals surface area contributed by atoms with Gasteiger partial charge in [0.1, 0.15) is 0 Å². The summed E-state index contributed by atoms with van der Waals surface area (Å²) in [7, 11) is 0. The van der Waals surface area contributed by atoms with E-state index < -0.39 is 0 Å². The second-order valence-electron chi connectivity index (χ2n) is 10.3. The maximum Gasteiger partial charge on any atom is 0.0182 e. The molecule has 0 aromatic rings. The van der Waals surface area contributed by atoms with E-state index in [1.807, 2.05) is 0 Å². The quantitative estimate of drug-likeness (QED) is 0.153. The molecular weight excluding hydrogens is 362 g/mol. The lowest BCUT2D eigenvalue weighted by Crippen LogP contribution is -2.47. The Hall–Kier alpha value is -0.0400. The third-order valence-electron chi connectivity index (χ3n) is 7.35. The molecule has 0 aliphatic carbocycles. The molecule has 0 aliphatic rings. The molecule has 0 aliphatic heterocycles. The lowest BCUT2D eigenvalue weighted by molar-refractivity contribution is 0.195. The largest absolute Gasteiger partial charge is 0.325 e. The molecular formula is C29H61N. The first-order chi connectivity index (χ1) is 14.6. The number of rotatable bonds is 24. The van der Waals surface area contributed by atoms with Crippen molar-refractivity contribution in [2.75, 3.05) is 0 Å². The summed E-state index contributed by atoms with van der Waals surface area (Å²) in [5.74, 6) is 0.748. The molecule has 0 saturated carbocycles. The molecule has 1 atom stereocenters. The molecule has 0 heterocycles. The van der Waals surface area contributed by atoms with E-state index in [0.717, 1.165) is 5.92 Å². The van der Waals surface area contributed by atoms with Crippen molar-refractivity contribution in [3.63, 3.8) is 0 Å². The van der Waals surface area contributed by atoms with E-state index in [4.69, 9.17) is 5.73 Å². The van der Waals surface area contributed by atoms with Crippen molar-refractivity contribution >= 4 is 0 Å².